The molecule has 3 unspecified atom stereocenters. The van der Waals surface area contributed by atoms with Gasteiger partial charge in [0.1, 0.15) is 0 Å². The van der Waals surface area contributed by atoms with E-state index in [-0.39, 0.29) is 17.2 Å². The van der Waals surface area contributed by atoms with E-state index < -0.39 is 9.84 Å². The minimum absolute atomic E-state index is 0.0679. The van der Waals surface area contributed by atoms with Crippen molar-refractivity contribution >= 4 is 25.8 Å². The summed E-state index contributed by atoms with van der Waals surface area (Å²) in [6.07, 6.45) is 1.04. The molecule has 1 aromatic rings. The summed E-state index contributed by atoms with van der Waals surface area (Å²) in [6, 6.07) is 5.73. The van der Waals surface area contributed by atoms with Crippen LogP contribution in [-0.2, 0) is 9.84 Å². The van der Waals surface area contributed by atoms with E-state index in [1.165, 1.54) is 0 Å². The zero-order valence-corrected chi connectivity index (χ0v) is 13.9. The first kappa shape index (κ1) is 15.0. The number of rotatable bonds is 3. The number of fused-ring (bicyclic) bond motifs is 1. The van der Waals surface area contributed by atoms with Crippen molar-refractivity contribution in [1.82, 2.24) is 5.32 Å². The summed E-state index contributed by atoms with van der Waals surface area (Å²) in [7, 11) is -3.25. The lowest BCUT2D eigenvalue weighted by molar-refractivity contribution is 0.358. The van der Waals surface area contributed by atoms with Crippen molar-refractivity contribution in [2.24, 2.45) is 5.92 Å². The predicted octanol–water partition coefficient (Wildman–Crippen LogP) is 3.30. The van der Waals surface area contributed by atoms with Crippen molar-refractivity contribution in [3.8, 4) is 0 Å². The maximum absolute atomic E-state index is 12.6. The summed E-state index contributed by atoms with van der Waals surface area (Å²) in [5.74, 6) is 0.0679. The maximum atomic E-state index is 12.6. The molecule has 106 valence electrons. The van der Waals surface area contributed by atoms with Gasteiger partial charge < -0.3 is 5.32 Å². The smallest absolute Gasteiger partial charge is 0.182 e. The Labute approximate surface area is 123 Å². The standard InChI is InChI=1S/C14H20BrNO2S/c1-4-8-16-13-9(2)10(3)19(17,18)14-11(13)6-5-7-12(14)15/h5-7,9-10,13,16H,4,8H2,1-3H3. The SMILES string of the molecule is CCCNC1c2cccc(Br)c2S(=O)(=O)C(C)C1C. The van der Waals surface area contributed by atoms with Gasteiger partial charge in [-0.25, -0.2) is 8.42 Å². The van der Waals surface area contributed by atoms with Crippen LogP contribution in [0.25, 0.3) is 0 Å². The molecule has 0 radical (unpaired) electrons. The van der Waals surface area contributed by atoms with E-state index >= 15 is 0 Å². The van der Waals surface area contributed by atoms with Crippen LogP contribution in [0.3, 0.4) is 0 Å². The van der Waals surface area contributed by atoms with E-state index in [1.54, 1.807) is 6.07 Å². The lowest BCUT2D eigenvalue weighted by atomic mass is 9.91. The minimum Gasteiger partial charge on any atom is -0.310 e. The van der Waals surface area contributed by atoms with Crippen molar-refractivity contribution in [1.29, 1.82) is 0 Å². The molecule has 1 aromatic carbocycles. The molecule has 3 nitrogen and oxygen atoms in total. The van der Waals surface area contributed by atoms with Gasteiger partial charge in [0, 0.05) is 10.5 Å². The molecule has 0 fully saturated rings. The first-order chi connectivity index (χ1) is 8.91. The average molecular weight is 346 g/mol. The highest BCUT2D eigenvalue weighted by Gasteiger charge is 2.42. The highest BCUT2D eigenvalue weighted by Crippen LogP contribution is 2.43. The summed E-state index contributed by atoms with van der Waals surface area (Å²) in [5, 5.41) is 3.12. The van der Waals surface area contributed by atoms with E-state index in [0.29, 0.717) is 9.37 Å². The Hall–Kier alpha value is -0.390. The molecule has 1 aliphatic rings. The second kappa shape index (κ2) is 5.54. The van der Waals surface area contributed by atoms with Crippen LogP contribution in [-0.4, -0.2) is 20.2 Å². The zero-order valence-electron chi connectivity index (χ0n) is 11.5. The summed E-state index contributed by atoms with van der Waals surface area (Å²) >= 11 is 3.39. The lowest BCUT2D eigenvalue weighted by Crippen LogP contribution is -2.41. The van der Waals surface area contributed by atoms with Crippen molar-refractivity contribution in [2.75, 3.05) is 6.54 Å². The minimum atomic E-state index is -3.25. The molecule has 1 N–H and O–H groups in total. The molecule has 19 heavy (non-hydrogen) atoms. The van der Waals surface area contributed by atoms with Gasteiger partial charge in [0.25, 0.3) is 0 Å². The van der Waals surface area contributed by atoms with E-state index in [0.717, 1.165) is 18.5 Å². The van der Waals surface area contributed by atoms with Crippen LogP contribution in [0.5, 0.6) is 0 Å². The zero-order chi connectivity index (χ0) is 14.2. The van der Waals surface area contributed by atoms with Crippen LogP contribution in [0.4, 0.5) is 0 Å². The van der Waals surface area contributed by atoms with Crippen molar-refractivity contribution in [3.05, 3.63) is 28.2 Å². The number of sulfone groups is 1. The summed E-state index contributed by atoms with van der Waals surface area (Å²) in [6.45, 7) is 6.83. The highest BCUT2D eigenvalue weighted by molar-refractivity contribution is 9.10. The first-order valence-electron chi connectivity index (χ1n) is 6.67. The van der Waals surface area contributed by atoms with Gasteiger partial charge in [-0.05, 0) is 53.4 Å². The van der Waals surface area contributed by atoms with E-state index in [2.05, 4.69) is 28.2 Å². The van der Waals surface area contributed by atoms with Gasteiger partial charge >= 0.3 is 0 Å². The molecule has 2 rings (SSSR count). The fraction of sp³-hybridized carbons (Fsp3) is 0.571. The number of hydrogen-bond acceptors (Lipinski definition) is 3. The van der Waals surface area contributed by atoms with Crippen molar-refractivity contribution < 1.29 is 8.42 Å². The van der Waals surface area contributed by atoms with E-state index in [9.17, 15) is 8.42 Å². The van der Waals surface area contributed by atoms with E-state index in [1.807, 2.05) is 26.0 Å². The van der Waals surface area contributed by atoms with Crippen LogP contribution in [0.2, 0.25) is 0 Å². The third kappa shape index (κ3) is 2.48. The summed E-state index contributed by atoms with van der Waals surface area (Å²) in [4.78, 5) is 0.467. The Bertz CT molecular complexity index is 571. The Balaban J connectivity index is 2.59. The largest absolute Gasteiger partial charge is 0.310 e. The summed E-state index contributed by atoms with van der Waals surface area (Å²) in [5.41, 5.74) is 0.897. The molecule has 0 bridgehead atoms. The Kier molecular flexibility index (Phi) is 4.38. The second-order valence-electron chi connectivity index (χ2n) is 5.20. The van der Waals surface area contributed by atoms with Gasteiger partial charge in [0.15, 0.2) is 9.84 Å². The average Bonchev–Trinajstić information content (AvgIpc) is 2.36. The third-order valence-corrected chi connectivity index (χ3v) is 7.34. The molecule has 0 aromatic heterocycles. The quantitative estimate of drug-likeness (QED) is 0.913. The highest BCUT2D eigenvalue weighted by atomic mass is 79.9. The Morgan fingerprint density at radius 3 is 2.63 bits per heavy atom. The van der Waals surface area contributed by atoms with Gasteiger partial charge in [-0.15, -0.1) is 0 Å². The molecule has 0 saturated heterocycles. The van der Waals surface area contributed by atoms with Gasteiger partial charge in [-0.3, -0.25) is 0 Å². The second-order valence-corrected chi connectivity index (χ2v) is 8.30. The molecule has 0 aliphatic carbocycles. The normalized spacial score (nSPS) is 28.9. The van der Waals surface area contributed by atoms with Crippen LogP contribution >= 0.6 is 15.9 Å². The third-order valence-electron chi connectivity index (χ3n) is 3.99. The molecule has 3 atom stereocenters. The van der Waals surface area contributed by atoms with Crippen molar-refractivity contribution in [3.63, 3.8) is 0 Å². The van der Waals surface area contributed by atoms with E-state index in [4.69, 9.17) is 0 Å². The van der Waals surface area contributed by atoms with Gasteiger partial charge in [0.05, 0.1) is 10.1 Å². The molecular weight excluding hydrogens is 326 g/mol. The molecule has 0 spiro atoms. The fourth-order valence-electron chi connectivity index (χ4n) is 2.69. The predicted molar refractivity (Wildman–Crippen MR) is 81.0 cm³/mol. The van der Waals surface area contributed by atoms with Gasteiger partial charge in [-0.1, -0.05) is 26.0 Å². The maximum Gasteiger partial charge on any atom is 0.182 e. The van der Waals surface area contributed by atoms with Gasteiger partial charge in [-0.2, -0.15) is 0 Å². The molecule has 5 heteroatoms. The lowest BCUT2D eigenvalue weighted by Gasteiger charge is -2.36. The monoisotopic (exact) mass is 345 g/mol. The Morgan fingerprint density at radius 1 is 1.32 bits per heavy atom. The molecule has 0 amide bonds. The van der Waals surface area contributed by atoms with Crippen LogP contribution in [0.15, 0.2) is 27.6 Å². The molecule has 1 heterocycles. The fourth-order valence-corrected chi connectivity index (χ4v) is 5.70. The van der Waals surface area contributed by atoms with Crippen LogP contribution in [0.1, 0.15) is 38.8 Å². The Morgan fingerprint density at radius 2 is 2.00 bits per heavy atom. The molecule has 1 aliphatic heterocycles. The van der Waals surface area contributed by atoms with Crippen LogP contribution < -0.4 is 5.32 Å². The molecular formula is C14H20BrNO2S. The number of nitrogens with one attached hydrogen (secondary N) is 1. The molecule has 0 saturated carbocycles. The number of benzene rings is 1. The number of halogens is 1. The number of hydrogen-bond donors (Lipinski definition) is 1. The topological polar surface area (TPSA) is 46.2 Å². The van der Waals surface area contributed by atoms with Crippen molar-refractivity contribution in [2.45, 2.75) is 43.4 Å². The first-order valence-corrected chi connectivity index (χ1v) is 9.00. The van der Waals surface area contributed by atoms with Gasteiger partial charge in [0.2, 0.25) is 0 Å². The van der Waals surface area contributed by atoms with Crippen LogP contribution in [0, 0.1) is 5.92 Å². The summed E-state index contributed by atoms with van der Waals surface area (Å²) < 4.78 is 25.9.